The molecule has 0 unspecified atom stereocenters. The molecule has 2 heterocycles. The summed E-state index contributed by atoms with van der Waals surface area (Å²) in [5, 5.41) is 21.0. The quantitative estimate of drug-likeness (QED) is 0.558. The zero-order valence-electron chi connectivity index (χ0n) is 18.5. The van der Waals surface area contributed by atoms with E-state index in [4.69, 9.17) is 0 Å². The van der Waals surface area contributed by atoms with E-state index in [1.165, 1.54) is 18.2 Å². The molecule has 4 rings (SSSR count). The molecule has 0 aliphatic heterocycles. The number of halogens is 2. The van der Waals surface area contributed by atoms with E-state index in [0.29, 0.717) is 18.4 Å². The molecule has 1 fully saturated rings. The fourth-order valence-corrected chi connectivity index (χ4v) is 4.57. The standard InChI is InChI=1S/C26H26F2N2O3/c1-15-11-16(13-24(32)26(15,2)33)18-9-10-29-14-17(18)12-23(31)21-7-4-8-22(30-21)25-19(27)5-3-6-20(25)28/h3-10,14-16,24,32-33H,11-13H2,1-2H3/t15-,16+,24+,26+/m1/s1. The van der Waals surface area contributed by atoms with Gasteiger partial charge in [-0.15, -0.1) is 0 Å². The van der Waals surface area contributed by atoms with Crippen molar-refractivity contribution in [1.29, 1.82) is 0 Å². The third-order valence-corrected chi connectivity index (χ3v) is 6.80. The molecule has 2 aromatic heterocycles. The second kappa shape index (κ2) is 9.08. The Labute approximate surface area is 191 Å². The van der Waals surface area contributed by atoms with E-state index in [2.05, 4.69) is 9.97 Å². The van der Waals surface area contributed by atoms with Gasteiger partial charge in [-0.2, -0.15) is 0 Å². The number of rotatable bonds is 5. The Morgan fingerprint density at radius 2 is 1.82 bits per heavy atom. The van der Waals surface area contributed by atoms with Gasteiger partial charge in [-0.05, 0) is 73.1 Å². The zero-order chi connectivity index (χ0) is 23.8. The van der Waals surface area contributed by atoms with Gasteiger partial charge in [0.25, 0.3) is 0 Å². The van der Waals surface area contributed by atoms with Gasteiger partial charge in [0.15, 0.2) is 5.78 Å². The number of aliphatic hydroxyl groups is 2. The van der Waals surface area contributed by atoms with Crippen LogP contribution in [0.15, 0.2) is 54.9 Å². The summed E-state index contributed by atoms with van der Waals surface area (Å²) in [5.74, 6) is -1.96. The Bertz CT molecular complexity index is 1150. The number of ketones is 1. The molecule has 0 saturated heterocycles. The predicted molar refractivity (Wildman–Crippen MR) is 120 cm³/mol. The number of aliphatic hydroxyl groups excluding tert-OH is 1. The molecule has 5 nitrogen and oxygen atoms in total. The molecule has 0 spiro atoms. The van der Waals surface area contributed by atoms with Gasteiger partial charge in [-0.1, -0.05) is 19.1 Å². The molecule has 1 saturated carbocycles. The van der Waals surface area contributed by atoms with Crippen molar-refractivity contribution in [2.45, 2.75) is 50.7 Å². The van der Waals surface area contributed by atoms with Crippen molar-refractivity contribution in [2.24, 2.45) is 5.92 Å². The highest BCUT2D eigenvalue weighted by atomic mass is 19.1. The Morgan fingerprint density at radius 1 is 1.12 bits per heavy atom. The molecule has 172 valence electrons. The van der Waals surface area contributed by atoms with Gasteiger partial charge in [0.05, 0.1) is 23.0 Å². The summed E-state index contributed by atoms with van der Waals surface area (Å²) in [5.41, 5.74) is 0.325. The van der Waals surface area contributed by atoms with Crippen molar-refractivity contribution >= 4 is 5.78 Å². The zero-order valence-corrected chi connectivity index (χ0v) is 18.5. The molecule has 1 aliphatic carbocycles. The average Bonchev–Trinajstić information content (AvgIpc) is 2.78. The van der Waals surface area contributed by atoms with Crippen molar-refractivity contribution in [3.63, 3.8) is 0 Å². The van der Waals surface area contributed by atoms with Gasteiger partial charge in [0.1, 0.15) is 17.3 Å². The maximum Gasteiger partial charge on any atom is 0.185 e. The summed E-state index contributed by atoms with van der Waals surface area (Å²) in [7, 11) is 0. The van der Waals surface area contributed by atoms with Crippen molar-refractivity contribution < 1.29 is 23.8 Å². The maximum absolute atomic E-state index is 14.2. The highest BCUT2D eigenvalue weighted by Gasteiger charge is 2.43. The van der Waals surface area contributed by atoms with Crippen molar-refractivity contribution in [3.05, 3.63) is 83.3 Å². The minimum absolute atomic E-state index is 0.0107. The summed E-state index contributed by atoms with van der Waals surface area (Å²) in [4.78, 5) is 21.4. The van der Waals surface area contributed by atoms with Gasteiger partial charge >= 0.3 is 0 Å². The average molecular weight is 453 g/mol. The molecule has 0 bridgehead atoms. The number of benzene rings is 1. The monoisotopic (exact) mass is 452 g/mol. The Hall–Kier alpha value is -3.03. The predicted octanol–water partition coefficient (Wildman–Crippen LogP) is 4.47. The van der Waals surface area contributed by atoms with E-state index >= 15 is 0 Å². The van der Waals surface area contributed by atoms with E-state index in [-0.39, 0.29) is 41.0 Å². The number of aromatic nitrogens is 2. The lowest BCUT2D eigenvalue weighted by molar-refractivity contribution is -0.123. The first-order chi connectivity index (χ1) is 15.7. The summed E-state index contributed by atoms with van der Waals surface area (Å²) in [6.45, 7) is 3.55. The molecule has 7 heteroatoms. The van der Waals surface area contributed by atoms with Crippen LogP contribution in [0.4, 0.5) is 8.78 Å². The molecular weight excluding hydrogens is 426 g/mol. The molecule has 1 aliphatic rings. The van der Waals surface area contributed by atoms with Crippen LogP contribution in [-0.4, -0.2) is 37.7 Å². The van der Waals surface area contributed by atoms with Gasteiger partial charge in [0, 0.05) is 18.8 Å². The third-order valence-electron chi connectivity index (χ3n) is 6.80. The molecule has 33 heavy (non-hydrogen) atoms. The van der Waals surface area contributed by atoms with Crippen molar-refractivity contribution in [2.75, 3.05) is 0 Å². The van der Waals surface area contributed by atoms with Gasteiger partial charge < -0.3 is 10.2 Å². The summed E-state index contributed by atoms with van der Waals surface area (Å²) < 4.78 is 28.4. The highest BCUT2D eigenvalue weighted by molar-refractivity contribution is 5.96. The van der Waals surface area contributed by atoms with Crippen molar-refractivity contribution in [3.8, 4) is 11.3 Å². The van der Waals surface area contributed by atoms with Crippen LogP contribution in [0.5, 0.6) is 0 Å². The molecule has 2 N–H and O–H groups in total. The number of nitrogens with zero attached hydrogens (tertiary/aromatic N) is 2. The largest absolute Gasteiger partial charge is 0.390 e. The van der Waals surface area contributed by atoms with Crippen LogP contribution in [-0.2, 0) is 6.42 Å². The van der Waals surface area contributed by atoms with Crippen LogP contribution in [0.25, 0.3) is 11.3 Å². The second-order valence-electron chi connectivity index (χ2n) is 8.99. The molecule has 4 atom stereocenters. The van der Waals surface area contributed by atoms with Crippen LogP contribution in [0.2, 0.25) is 0 Å². The molecule has 0 amide bonds. The third kappa shape index (κ3) is 4.56. The van der Waals surface area contributed by atoms with Crippen LogP contribution in [0.1, 0.15) is 54.2 Å². The number of carbonyl (C=O) groups excluding carboxylic acids is 1. The van der Waals surface area contributed by atoms with E-state index in [0.717, 1.165) is 17.7 Å². The molecule has 1 aromatic carbocycles. The minimum atomic E-state index is -1.16. The topological polar surface area (TPSA) is 83.3 Å². The lowest BCUT2D eigenvalue weighted by atomic mass is 9.68. The Balaban J connectivity index is 1.60. The van der Waals surface area contributed by atoms with Crippen LogP contribution >= 0.6 is 0 Å². The van der Waals surface area contributed by atoms with Gasteiger partial charge in [-0.3, -0.25) is 9.78 Å². The van der Waals surface area contributed by atoms with E-state index < -0.39 is 23.3 Å². The Morgan fingerprint density at radius 3 is 2.52 bits per heavy atom. The fourth-order valence-electron chi connectivity index (χ4n) is 4.57. The van der Waals surface area contributed by atoms with E-state index in [9.17, 15) is 23.8 Å². The van der Waals surface area contributed by atoms with E-state index in [1.54, 1.807) is 25.4 Å². The second-order valence-corrected chi connectivity index (χ2v) is 8.99. The number of hydrogen-bond donors (Lipinski definition) is 2. The number of Topliss-reactive ketones (excluding diaryl/α,β-unsaturated/α-hetero) is 1. The smallest absolute Gasteiger partial charge is 0.185 e. The summed E-state index contributed by atoms with van der Waals surface area (Å²) in [6.07, 6.45) is 3.44. The first-order valence-electron chi connectivity index (χ1n) is 11.0. The molecular formula is C26H26F2N2O3. The lowest BCUT2D eigenvalue weighted by Crippen LogP contribution is -2.49. The summed E-state index contributed by atoms with van der Waals surface area (Å²) in [6, 6.07) is 9.93. The van der Waals surface area contributed by atoms with Crippen molar-refractivity contribution in [1.82, 2.24) is 9.97 Å². The summed E-state index contributed by atoms with van der Waals surface area (Å²) >= 11 is 0. The number of pyridine rings is 2. The van der Waals surface area contributed by atoms with Crippen LogP contribution < -0.4 is 0 Å². The van der Waals surface area contributed by atoms with Crippen LogP contribution in [0, 0.1) is 17.6 Å². The molecule has 3 aromatic rings. The number of carbonyl (C=O) groups is 1. The first kappa shape index (κ1) is 23.1. The SMILES string of the molecule is C[C@@H]1C[C@H](c2ccncc2CC(=O)c2cccc(-c3c(F)cccc3F)n2)C[C@H](O)[C@@]1(C)O. The van der Waals surface area contributed by atoms with Gasteiger partial charge in [0.2, 0.25) is 0 Å². The fraction of sp³-hybridized carbons (Fsp3) is 0.346. The minimum Gasteiger partial charge on any atom is -0.390 e. The lowest BCUT2D eigenvalue weighted by Gasteiger charge is -2.43. The normalized spacial score (nSPS) is 25.1. The first-order valence-corrected chi connectivity index (χ1v) is 11.0. The molecule has 0 radical (unpaired) electrons. The maximum atomic E-state index is 14.2. The highest BCUT2D eigenvalue weighted by Crippen LogP contribution is 2.42. The number of hydrogen-bond acceptors (Lipinski definition) is 5. The Kier molecular flexibility index (Phi) is 6.36. The van der Waals surface area contributed by atoms with Crippen LogP contribution in [0.3, 0.4) is 0 Å². The van der Waals surface area contributed by atoms with Gasteiger partial charge in [-0.25, -0.2) is 13.8 Å². The van der Waals surface area contributed by atoms with E-state index in [1.807, 2.05) is 13.0 Å².